The standard InChI is InChI=1S/C18H17N3/c1-13-11-18-19-17-10-6-5-9-15(17)16(12-21(18)20-13)14-7-3-2-4-8-14/h2-11,16,19H,12H2,1H3. The molecule has 104 valence electrons. The van der Waals surface area contributed by atoms with Crippen LogP contribution in [0.2, 0.25) is 0 Å². The van der Waals surface area contributed by atoms with Crippen molar-refractivity contribution < 1.29 is 0 Å². The van der Waals surface area contributed by atoms with Crippen molar-refractivity contribution in [1.29, 1.82) is 0 Å². The molecule has 0 saturated heterocycles. The van der Waals surface area contributed by atoms with Crippen molar-refractivity contribution >= 4 is 11.5 Å². The summed E-state index contributed by atoms with van der Waals surface area (Å²) in [5, 5.41) is 8.15. The molecule has 1 aliphatic rings. The van der Waals surface area contributed by atoms with Gasteiger partial charge in [-0.3, -0.25) is 0 Å². The van der Waals surface area contributed by atoms with Crippen molar-refractivity contribution in [2.75, 3.05) is 5.32 Å². The third-order valence-corrected chi connectivity index (χ3v) is 4.06. The van der Waals surface area contributed by atoms with Crippen LogP contribution >= 0.6 is 0 Å². The zero-order valence-electron chi connectivity index (χ0n) is 12.0. The number of nitrogens with one attached hydrogen (secondary N) is 1. The van der Waals surface area contributed by atoms with Gasteiger partial charge in [-0.1, -0.05) is 48.5 Å². The molecule has 0 fully saturated rings. The SMILES string of the molecule is Cc1cc2n(n1)CC(c1ccccc1)c1ccccc1N2. The van der Waals surface area contributed by atoms with Crippen molar-refractivity contribution in [3.05, 3.63) is 77.5 Å². The summed E-state index contributed by atoms with van der Waals surface area (Å²) in [4.78, 5) is 0. The van der Waals surface area contributed by atoms with E-state index in [1.54, 1.807) is 0 Å². The van der Waals surface area contributed by atoms with Crippen molar-refractivity contribution in [3.8, 4) is 0 Å². The first kappa shape index (κ1) is 12.2. The quantitative estimate of drug-likeness (QED) is 0.725. The molecule has 3 aromatic rings. The van der Waals surface area contributed by atoms with Crippen LogP contribution in [-0.2, 0) is 6.54 Å². The van der Waals surface area contributed by atoms with Crippen LogP contribution in [0.3, 0.4) is 0 Å². The minimum atomic E-state index is 0.315. The first-order chi connectivity index (χ1) is 10.3. The second-order valence-electron chi connectivity index (χ2n) is 5.53. The third-order valence-electron chi connectivity index (χ3n) is 4.06. The van der Waals surface area contributed by atoms with E-state index in [-0.39, 0.29) is 0 Å². The zero-order chi connectivity index (χ0) is 14.2. The molecule has 3 heteroatoms. The minimum Gasteiger partial charge on any atom is -0.340 e. The van der Waals surface area contributed by atoms with E-state index in [1.807, 2.05) is 6.92 Å². The van der Waals surface area contributed by atoms with Crippen LogP contribution in [0.15, 0.2) is 60.7 Å². The van der Waals surface area contributed by atoms with Crippen molar-refractivity contribution in [2.45, 2.75) is 19.4 Å². The molecule has 2 heterocycles. The van der Waals surface area contributed by atoms with Gasteiger partial charge in [0, 0.05) is 17.7 Å². The molecule has 21 heavy (non-hydrogen) atoms. The molecule has 1 unspecified atom stereocenters. The topological polar surface area (TPSA) is 29.9 Å². The maximum atomic E-state index is 4.62. The average Bonchev–Trinajstić information content (AvgIpc) is 2.78. The molecule has 4 rings (SSSR count). The van der Waals surface area contributed by atoms with E-state index in [0.717, 1.165) is 18.1 Å². The number of anilines is 2. The maximum absolute atomic E-state index is 4.62. The largest absolute Gasteiger partial charge is 0.340 e. The van der Waals surface area contributed by atoms with Gasteiger partial charge < -0.3 is 5.32 Å². The number of hydrogen-bond donors (Lipinski definition) is 1. The van der Waals surface area contributed by atoms with E-state index in [1.165, 1.54) is 16.8 Å². The highest BCUT2D eigenvalue weighted by atomic mass is 15.3. The highest BCUT2D eigenvalue weighted by Gasteiger charge is 2.23. The van der Waals surface area contributed by atoms with Gasteiger partial charge >= 0.3 is 0 Å². The van der Waals surface area contributed by atoms with Crippen LogP contribution in [0, 0.1) is 6.92 Å². The number of aryl methyl sites for hydroxylation is 1. The lowest BCUT2D eigenvalue weighted by Crippen LogP contribution is -2.10. The van der Waals surface area contributed by atoms with E-state index in [2.05, 4.69) is 75.8 Å². The Balaban J connectivity index is 1.89. The van der Waals surface area contributed by atoms with E-state index in [4.69, 9.17) is 0 Å². The second kappa shape index (κ2) is 4.77. The van der Waals surface area contributed by atoms with Gasteiger partial charge in [0.05, 0.1) is 12.2 Å². The van der Waals surface area contributed by atoms with Gasteiger partial charge in [-0.25, -0.2) is 4.68 Å². The summed E-state index contributed by atoms with van der Waals surface area (Å²) in [6.45, 7) is 2.89. The molecule has 1 aliphatic heterocycles. The Kier molecular flexibility index (Phi) is 2.78. The zero-order valence-corrected chi connectivity index (χ0v) is 12.0. The highest BCUT2D eigenvalue weighted by Crippen LogP contribution is 2.36. The molecular formula is C18H17N3. The van der Waals surface area contributed by atoms with Crippen molar-refractivity contribution in [3.63, 3.8) is 0 Å². The maximum Gasteiger partial charge on any atom is 0.128 e. The minimum absolute atomic E-state index is 0.315. The Morgan fingerprint density at radius 2 is 1.81 bits per heavy atom. The van der Waals surface area contributed by atoms with Gasteiger partial charge in [0.1, 0.15) is 5.82 Å². The number of benzene rings is 2. The van der Waals surface area contributed by atoms with E-state index < -0.39 is 0 Å². The summed E-state index contributed by atoms with van der Waals surface area (Å²) < 4.78 is 2.08. The summed E-state index contributed by atoms with van der Waals surface area (Å²) in [7, 11) is 0. The molecule has 0 amide bonds. The average molecular weight is 275 g/mol. The lowest BCUT2D eigenvalue weighted by Gasteiger charge is -2.17. The van der Waals surface area contributed by atoms with Gasteiger partial charge in [-0.15, -0.1) is 0 Å². The number of hydrogen-bond acceptors (Lipinski definition) is 2. The van der Waals surface area contributed by atoms with Crippen LogP contribution < -0.4 is 5.32 Å². The van der Waals surface area contributed by atoms with Gasteiger partial charge in [-0.05, 0) is 24.1 Å². The first-order valence-corrected chi connectivity index (χ1v) is 7.26. The number of rotatable bonds is 1. The summed E-state index contributed by atoms with van der Waals surface area (Å²) in [5.74, 6) is 1.38. The summed E-state index contributed by atoms with van der Waals surface area (Å²) >= 11 is 0. The lowest BCUT2D eigenvalue weighted by atomic mass is 9.90. The van der Waals surface area contributed by atoms with Gasteiger partial charge in [0.2, 0.25) is 0 Å². The molecule has 0 radical (unpaired) electrons. The summed E-state index contributed by atoms with van der Waals surface area (Å²) in [6.07, 6.45) is 0. The molecular weight excluding hydrogens is 258 g/mol. The van der Waals surface area contributed by atoms with Crippen molar-refractivity contribution in [2.24, 2.45) is 0 Å². The van der Waals surface area contributed by atoms with Gasteiger partial charge in [-0.2, -0.15) is 5.10 Å². The van der Waals surface area contributed by atoms with Crippen LogP contribution in [0.4, 0.5) is 11.5 Å². The molecule has 0 bridgehead atoms. The molecule has 1 N–H and O–H groups in total. The summed E-state index contributed by atoms with van der Waals surface area (Å²) in [6, 6.07) is 21.3. The summed E-state index contributed by atoms with van der Waals surface area (Å²) in [5.41, 5.74) is 4.87. The van der Waals surface area contributed by atoms with Gasteiger partial charge in [0.15, 0.2) is 0 Å². The Labute approximate surface area is 124 Å². The monoisotopic (exact) mass is 275 g/mol. The number of fused-ring (bicyclic) bond motifs is 2. The van der Waals surface area contributed by atoms with Crippen LogP contribution in [0.5, 0.6) is 0 Å². The predicted molar refractivity (Wildman–Crippen MR) is 85.0 cm³/mol. The molecule has 0 spiro atoms. The normalized spacial score (nSPS) is 16.5. The first-order valence-electron chi connectivity index (χ1n) is 7.26. The fourth-order valence-corrected chi connectivity index (χ4v) is 3.08. The molecule has 1 aromatic heterocycles. The van der Waals surface area contributed by atoms with Gasteiger partial charge in [0.25, 0.3) is 0 Å². The Morgan fingerprint density at radius 3 is 2.67 bits per heavy atom. The molecule has 3 nitrogen and oxygen atoms in total. The van der Waals surface area contributed by atoms with Crippen molar-refractivity contribution in [1.82, 2.24) is 9.78 Å². The smallest absolute Gasteiger partial charge is 0.128 e. The molecule has 2 aromatic carbocycles. The number of para-hydroxylation sites is 1. The number of nitrogens with zero attached hydrogens (tertiary/aromatic N) is 2. The Morgan fingerprint density at radius 1 is 1.05 bits per heavy atom. The molecule has 1 atom stereocenters. The third kappa shape index (κ3) is 2.11. The fourth-order valence-electron chi connectivity index (χ4n) is 3.08. The van der Waals surface area contributed by atoms with Crippen LogP contribution in [-0.4, -0.2) is 9.78 Å². The predicted octanol–water partition coefficient (Wildman–Crippen LogP) is 4.08. The molecule has 0 aliphatic carbocycles. The second-order valence-corrected chi connectivity index (χ2v) is 5.53. The van der Waals surface area contributed by atoms with E-state index >= 15 is 0 Å². The Hall–Kier alpha value is -2.55. The van der Waals surface area contributed by atoms with Crippen LogP contribution in [0.25, 0.3) is 0 Å². The number of aromatic nitrogens is 2. The van der Waals surface area contributed by atoms with Crippen LogP contribution in [0.1, 0.15) is 22.7 Å². The van der Waals surface area contributed by atoms with E-state index in [0.29, 0.717) is 5.92 Å². The Bertz CT molecular complexity index is 774. The fraction of sp³-hybridized carbons (Fsp3) is 0.167. The highest BCUT2D eigenvalue weighted by molar-refractivity contribution is 5.64. The molecule has 0 saturated carbocycles. The van der Waals surface area contributed by atoms with E-state index in [9.17, 15) is 0 Å². The lowest BCUT2D eigenvalue weighted by molar-refractivity contribution is 0.574.